The van der Waals surface area contributed by atoms with E-state index in [9.17, 15) is 0 Å². The van der Waals surface area contributed by atoms with Crippen LogP contribution in [0.2, 0.25) is 0 Å². The molecule has 0 radical (unpaired) electrons. The minimum Gasteiger partial charge on any atom is -0.378 e. The molecule has 3 unspecified atom stereocenters. The van der Waals surface area contributed by atoms with Gasteiger partial charge < -0.3 is 10.1 Å². The van der Waals surface area contributed by atoms with Crippen molar-refractivity contribution in [1.82, 2.24) is 5.32 Å². The zero-order valence-corrected chi connectivity index (χ0v) is 13.0. The van der Waals surface area contributed by atoms with E-state index in [0.29, 0.717) is 18.1 Å². The molecule has 2 nitrogen and oxygen atoms in total. The first-order valence-corrected chi connectivity index (χ1v) is 8.08. The van der Waals surface area contributed by atoms with E-state index < -0.39 is 0 Å². The molecule has 0 aliphatic carbocycles. The van der Waals surface area contributed by atoms with Crippen LogP contribution in [0, 0.1) is 5.92 Å². The van der Waals surface area contributed by atoms with Crippen molar-refractivity contribution in [3.63, 3.8) is 0 Å². The third-order valence-corrected chi connectivity index (χ3v) is 4.82. The van der Waals surface area contributed by atoms with Gasteiger partial charge in [0.2, 0.25) is 0 Å². The maximum absolute atomic E-state index is 5.87. The molecule has 1 saturated heterocycles. The Morgan fingerprint density at radius 3 is 2.76 bits per heavy atom. The highest BCUT2D eigenvalue weighted by molar-refractivity contribution is 5.82. The van der Waals surface area contributed by atoms with E-state index in [1.165, 1.54) is 22.8 Å². The van der Waals surface area contributed by atoms with Crippen LogP contribution in [0.3, 0.4) is 0 Å². The first-order valence-electron chi connectivity index (χ1n) is 8.08. The normalized spacial score (nSPS) is 23.5. The van der Waals surface area contributed by atoms with Crippen LogP contribution >= 0.6 is 0 Å². The number of benzene rings is 2. The lowest BCUT2D eigenvalue weighted by Gasteiger charge is -2.27. The van der Waals surface area contributed by atoms with Crippen LogP contribution in [-0.2, 0) is 11.2 Å². The highest BCUT2D eigenvalue weighted by Gasteiger charge is 2.32. The first kappa shape index (κ1) is 14.6. The molecular formula is C19H25NO. The third-order valence-electron chi connectivity index (χ3n) is 4.82. The SMILES string of the molecule is CCC1OCCC1C(Cc1ccc2ccccc2c1)NC. The number of hydrogen-bond acceptors (Lipinski definition) is 2. The molecule has 1 aliphatic heterocycles. The van der Waals surface area contributed by atoms with Crippen molar-refractivity contribution in [1.29, 1.82) is 0 Å². The highest BCUT2D eigenvalue weighted by atomic mass is 16.5. The highest BCUT2D eigenvalue weighted by Crippen LogP contribution is 2.28. The summed E-state index contributed by atoms with van der Waals surface area (Å²) in [5.74, 6) is 0.631. The van der Waals surface area contributed by atoms with Crippen molar-refractivity contribution in [3.05, 3.63) is 48.0 Å². The summed E-state index contributed by atoms with van der Waals surface area (Å²) in [5.41, 5.74) is 1.41. The topological polar surface area (TPSA) is 21.3 Å². The average Bonchev–Trinajstić information content (AvgIpc) is 3.01. The second-order valence-electron chi connectivity index (χ2n) is 6.05. The van der Waals surface area contributed by atoms with Crippen LogP contribution in [0.1, 0.15) is 25.3 Å². The van der Waals surface area contributed by atoms with Crippen LogP contribution < -0.4 is 5.32 Å². The van der Waals surface area contributed by atoms with Gasteiger partial charge in [-0.25, -0.2) is 0 Å². The maximum Gasteiger partial charge on any atom is 0.0616 e. The molecule has 0 amide bonds. The van der Waals surface area contributed by atoms with Crippen LogP contribution in [0.4, 0.5) is 0 Å². The summed E-state index contributed by atoms with van der Waals surface area (Å²) < 4.78 is 5.87. The summed E-state index contributed by atoms with van der Waals surface area (Å²) in [7, 11) is 2.08. The third kappa shape index (κ3) is 3.12. The maximum atomic E-state index is 5.87. The number of likely N-dealkylation sites (N-methyl/N-ethyl adjacent to an activating group) is 1. The van der Waals surface area contributed by atoms with Crippen molar-refractivity contribution in [2.75, 3.05) is 13.7 Å². The molecule has 1 N–H and O–H groups in total. The summed E-state index contributed by atoms with van der Waals surface area (Å²) in [4.78, 5) is 0. The lowest BCUT2D eigenvalue weighted by Crippen LogP contribution is -2.39. The van der Waals surface area contributed by atoms with Gasteiger partial charge in [0, 0.05) is 18.6 Å². The van der Waals surface area contributed by atoms with Crippen molar-refractivity contribution < 1.29 is 4.74 Å². The van der Waals surface area contributed by atoms with Gasteiger partial charge in [0.25, 0.3) is 0 Å². The van der Waals surface area contributed by atoms with E-state index in [2.05, 4.69) is 61.8 Å². The summed E-state index contributed by atoms with van der Waals surface area (Å²) in [6, 6.07) is 15.9. The van der Waals surface area contributed by atoms with Crippen molar-refractivity contribution in [3.8, 4) is 0 Å². The Morgan fingerprint density at radius 2 is 2.00 bits per heavy atom. The molecule has 0 spiro atoms. The quantitative estimate of drug-likeness (QED) is 0.901. The van der Waals surface area contributed by atoms with E-state index in [0.717, 1.165) is 19.4 Å². The summed E-state index contributed by atoms with van der Waals surface area (Å²) in [6.07, 6.45) is 3.78. The molecule has 2 aromatic carbocycles. The van der Waals surface area contributed by atoms with Crippen LogP contribution in [0.25, 0.3) is 10.8 Å². The molecule has 0 bridgehead atoms. The van der Waals surface area contributed by atoms with Crippen molar-refractivity contribution >= 4 is 10.8 Å². The molecule has 2 aromatic rings. The molecule has 1 fully saturated rings. The predicted molar refractivity (Wildman–Crippen MR) is 88.6 cm³/mol. The number of nitrogens with one attached hydrogen (secondary N) is 1. The number of rotatable bonds is 5. The number of hydrogen-bond donors (Lipinski definition) is 1. The van der Waals surface area contributed by atoms with E-state index >= 15 is 0 Å². The molecule has 0 saturated carbocycles. The summed E-state index contributed by atoms with van der Waals surface area (Å²) >= 11 is 0. The lowest BCUT2D eigenvalue weighted by atomic mass is 9.87. The lowest BCUT2D eigenvalue weighted by molar-refractivity contribution is 0.0783. The Balaban J connectivity index is 1.78. The molecule has 1 heterocycles. The molecule has 0 aromatic heterocycles. The molecular weight excluding hydrogens is 258 g/mol. The van der Waals surface area contributed by atoms with Crippen molar-refractivity contribution in [2.24, 2.45) is 5.92 Å². The van der Waals surface area contributed by atoms with E-state index in [-0.39, 0.29) is 0 Å². The minimum atomic E-state index is 0.419. The predicted octanol–water partition coefficient (Wildman–Crippen LogP) is 3.79. The Hall–Kier alpha value is -1.38. The van der Waals surface area contributed by atoms with Gasteiger partial charge in [-0.1, -0.05) is 49.4 Å². The number of fused-ring (bicyclic) bond motifs is 1. The van der Waals surface area contributed by atoms with Gasteiger partial charge in [-0.15, -0.1) is 0 Å². The summed E-state index contributed by atoms with van der Waals surface area (Å²) in [6.45, 7) is 3.14. The van der Waals surface area contributed by atoms with Gasteiger partial charge in [-0.3, -0.25) is 0 Å². The molecule has 21 heavy (non-hydrogen) atoms. The Labute approximate surface area is 127 Å². The second kappa shape index (κ2) is 6.59. The van der Waals surface area contributed by atoms with Gasteiger partial charge in [0.15, 0.2) is 0 Å². The Morgan fingerprint density at radius 1 is 1.19 bits per heavy atom. The molecule has 3 rings (SSSR count). The van der Waals surface area contributed by atoms with E-state index in [4.69, 9.17) is 4.74 Å². The first-order chi connectivity index (χ1) is 10.3. The molecule has 1 aliphatic rings. The fraction of sp³-hybridized carbons (Fsp3) is 0.474. The average molecular weight is 283 g/mol. The Bertz CT molecular complexity index is 595. The number of ether oxygens (including phenoxy) is 1. The largest absolute Gasteiger partial charge is 0.378 e. The molecule has 3 atom stereocenters. The standard InChI is InChI=1S/C19H25NO/c1-3-19-17(10-11-21-19)18(20-2)13-14-8-9-15-6-4-5-7-16(15)12-14/h4-9,12,17-20H,3,10-11,13H2,1-2H3. The fourth-order valence-corrected chi connectivity index (χ4v) is 3.63. The summed E-state index contributed by atoms with van der Waals surface area (Å²) in [5, 5.41) is 6.18. The van der Waals surface area contributed by atoms with Crippen LogP contribution in [-0.4, -0.2) is 25.8 Å². The second-order valence-corrected chi connectivity index (χ2v) is 6.05. The van der Waals surface area contributed by atoms with Gasteiger partial charge in [-0.05, 0) is 42.6 Å². The minimum absolute atomic E-state index is 0.419. The van der Waals surface area contributed by atoms with E-state index in [1.54, 1.807) is 0 Å². The van der Waals surface area contributed by atoms with Gasteiger partial charge in [-0.2, -0.15) is 0 Å². The fourth-order valence-electron chi connectivity index (χ4n) is 3.63. The van der Waals surface area contributed by atoms with Gasteiger partial charge in [0.1, 0.15) is 0 Å². The monoisotopic (exact) mass is 283 g/mol. The zero-order valence-electron chi connectivity index (χ0n) is 13.0. The zero-order chi connectivity index (χ0) is 14.7. The van der Waals surface area contributed by atoms with Crippen LogP contribution in [0.5, 0.6) is 0 Å². The smallest absolute Gasteiger partial charge is 0.0616 e. The molecule has 2 heteroatoms. The Kier molecular flexibility index (Phi) is 4.57. The van der Waals surface area contributed by atoms with Gasteiger partial charge in [0.05, 0.1) is 6.10 Å². The molecule has 112 valence electrons. The van der Waals surface area contributed by atoms with E-state index in [1.807, 2.05) is 0 Å². The van der Waals surface area contributed by atoms with Crippen LogP contribution in [0.15, 0.2) is 42.5 Å². The van der Waals surface area contributed by atoms with Crippen molar-refractivity contribution in [2.45, 2.75) is 38.3 Å². The van der Waals surface area contributed by atoms with Gasteiger partial charge >= 0.3 is 0 Å².